The highest BCUT2D eigenvalue weighted by Crippen LogP contribution is 2.44. The van der Waals surface area contributed by atoms with E-state index in [0.29, 0.717) is 11.7 Å². The summed E-state index contributed by atoms with van der Waals surface area (Å²) in [5, 5.41) is 3.65. The van der Waals surface area contributed by atoms with Gasteiger partial charge in [0.25, 0.3) is 0 Å². The number of rotatable bonds is 5. The fourth-order valence-corrected chi connectivity index (χ4v) is 2.74. The van der Waals surface area contributed by atoms with Crippen LogP contribution in [0.15, 0.2) is 12.1 Å². The van der Waals surface area contributed by atoms with E-state index in [0.717, 1.165) is 30.0 Å². The molecule has 1 unspecified atom stereocenters. The van der Waals surface area contributed by atoms with E-state index in [1.165, 1.54) is 0 Å². The molecule has 0 aliphatic carbocycles. The van der Waals surface area contributed by atoms with Crippen LogP contribution in [-0.2, 0) is 0 Å². The van der Waals surface area contributed by atoms with E-state index in [1.807, 2.05) is 12.1 Å². The number of hydrogen-bond donors (Lipinski definition) is 1. The van der Waals surface area contributed by atoms with Gasteiger partial charge in [-0.3, -0.25) is 0 Å². The largest absolute Gasteiger partial charge is 0.493 e. The van der Waals surface area contributed by atoms with Gasteiger partial charge in [-0.05, 0) is 32.4 Å². The van der Waals surface area contributed by atoms with E-state index in [2.05, 4.69) is 33.0 Å². The third-order valence-electron chi connectivity index (χ3n) is 3.75. The predicted octanol–water partition coefficient (Wildman–Crippen LogP) is 3.55. The monoisotopic (exact) mass is 293 g/mol. The fourth-order valence-electron chi connectivity index (χ4n) is 2.74. The minimum atomic E-state index is -0.193. The van der Waals surface area contributed by atoms with Gasteiger partial charge in [0.05, 0.1) is 14.2 Å². The average Bonchev–Trinajstić information content (AvgIpc) is 2.42. The number of methoxy groups -OCH3 is 2. The first kappa shape index (κ1) is 16.0. The molecule has 1 aromatic carbocycles. The van der Waals surface area contributed by atoms with Gasteiger partial charge in [0.2, 0.25) is 0 Å². The summed E-state index contributed by atoms with van der Waals surface area (Å²) in [5.74, 6) is 2.94. The third-order valence-corrected chi connectivity index (χ3v) is 3.75. The second-order valence-corrected chi connectivity index (χ2v) is 6.67. The lowest BCUT2D eigenvalue weighted by atomic mass is 9.89. The second-order valence-electron chi connectivity index (χ2n) is 6.67. The summed E-state index contributed by atoms with van der Waals surface area (Å²) in [6, 6.07) is 4.23. The second kappa shape index (κ2) is 6.14. The smallest absolute Gasteiger partial charge is 0.164 e. The van der Waals surface area contributed by atoms with Crippen LogP contribution >= 0.6 is 0 Å². The van der Waals surface area contributed by atoms with Crippen LogP contribution in [0, 0.1) is 5.92 Å². The summed E-state index contributed by atoms with van der Waals surface area (Å²) < 4.78 is 16.9. The maximum absolute atomic E-state index is 6.12. The molecule has 1 N–H and O–H groups in total. The van der Waals surface area contributed by atoms with Gasteiger partial charge in [0.15, 0.2) is 11.5 Å². The first-order chi connectivity index (χ1) is 9.86. The van der Waals surface area contributed by atoms with E-state index in [4.69, 9.17) is 14.2 Å². The summed E-state index contributed by atoms with van der Waals surface area (Å²) in [5.41, 5.74) is 0.953. The molecule has 0 saturated carbocycles. The molecule has 0 saturated heterocycles. The average molecular weight is 293 g/mol. The van der Waals surface area contributed by atoms with E-state index >= 15 is 0 Å². The molecule has 1 aliphatic rings. The Morgan fingerprint density at radius 2 is 1.86 bits per heavy atom. The summed E-state index contributed by atoms with van der Waals surface area (Å²) >= 11 is 0. The predicted molar refractivity (Wildman–Crippen MR) is 84.5 cm³/mol. The van der Waals surface area contributed by atoms with E-state index < -0.39 is 0 Å². The van der Waals surface area contributed by atoms with Crippen LogP contribution in [0.1, 0.15) is 45.7 Å². The highest BCUT2D eigenvalue weighted by Gasteiger charge is 2.34. The topological polar surface area (TPSA) is 39.7 Å². The molecule has 118 valence electrons. The molecule has 4 heteroatoms. The third kappa shape index (κ3) is 3.62. The Morgan fingerprint density at radius 1 is 1.24 bits per heavy atom. The van der Waals surface area contributed by atoms with Crippen molar-refractivity contribution < 1.29 is 14.2 Å². The van der Waals surface area contributed by atoms with Crippen molar-refractivity contribution in [3.8, 4) is 17.2 Å². The Balaban J connectivity index is 2.38. The molecule has 1 atom stereocenters. The number of fused-ring (bicyclic) bond motifs is 1. The Kier molecular flexibility index (Phi) is 4.67. The zero-order valence-corrected chi connectivity index (χ0v) is 13.9. The van der Waals surface area contributed by atoms with Crippen LogP contribution in [0.25, 0.3) is 0 Å². The van der Waals surface area contributed by atoms with Gasteiger partial charge in [0, 0.05) is 24.1 Å². The highest BCUT2D eigenvalue weighted by molar-refractivity contribution is 5.53. The Hall–Kier alpha value is -1.42. The molecule has 0 aromatic heterocycles. The molecule has 21 heavy (non-hydrogen) atoms. The lowest BCUT2D eigenvalue weighted by Gasteiger charge is -2.38. The van der Waals surface area contributed by atoms with Crippen LogP contribution in [-0.4, -0.2) is 26.4 Å². The Morgan fingerprint density at radius 3 is 2.43 bits per heavy atom. The quantitative estimate of drug-likeness (QED) is 0.901. The van der Waals surface area contributed by atoms with Crippen LogP contribution in [0.5, 0.6) is 17.2 Å². The molecule has 1 aromatic rings. The minimum absolute atomic E-state index is 0.193. The molecular weight excluding hydrogens is 266 g/mol. The van der Waals surface area contributed by atoms with Crippen molar-refractivity contribution in [2.75, 3.05) is 20.8 Å². The van der Waals surface area contributed by atoms with Crippen LogP contribution in [0.4, 0.5) is 0 Å². The minimum Gasteiger partial charge on any atom is -0.493 e. The molecule has 0 spiro atoms. The molecular formula is C17H27NO3. The van der Waals surface area contributed by atoms with Crippen molar-refractivity contribution in [2.24, 2.45) is 5.92 Å². The summed E-state index contributed by atoms with van der Waals surface area (Å²) in [4.78, 5) is 0. The van der Waals surface area contributed by atoms with Crippen molar-refractivity contribution in [1.82, 2.24) is 5.32 Å². The first-order valence-corrected chi connectivity index (χ1v) is 7.54. The van der Waals surface area contributed by atoms with Crippen molar-refractivity contribution in [3.63, 3.8) is 0 Å². The fraction of sp³-hybridized carbons (Fsp3) is 0.647. The Labute approximate surface area is 127 Å². The van der Waals surface area contributed by atoms with Crippen molar-refractivity contribution in [3.05, 3.63) is 17.7 Å². The lowest BCUT2D eigenvalue weighted by Crippen LogP contribution is -2.40. The van der Waals surface area contributed by atoms with E-state index in [1.54, 1.807) is 14.2 Å². The number of benzene rings is 1. The SMILES string of the molecule is COc1cc2c(cc1OC)C(NCC(C)C)CC(C)(C)O2. The Bertz CT molecular complexity index is 497. The molecule has 2 rings (SSSR count). The van der Waals surface area contributed by atoms with Crippen molar-refractivity contribution in [2.45, 2.75) is 45.8 Å². The maximum Gasteiger partial charge on any atom is 0.164 e. The zero-order valence-electron chi connectivity index (χ0n) is 13.9. The van der Waals surface area contributed by atoms with Gasteiger partial charge in [-0.1, -0.05) is 13.8 Å². The first-order valence-electron chi connectivity index (χ1n) is 7.54. The van der Waals surface area contributed by atoms with Crippen molar-refractivity contribution in [1.29, 1.82) is 0 Å². The van der Waals surface area contributed by atoms with Crippen LogP contribution < -0.4 is 19.5 Å². The molecule has 0 radical (unpaired) electrons. The van der Waals surface area contributed by atoms with Gasteiger partial charge in [-0.25, -0.2) is 0 Å². The molecule has 1 heterocycles. The molecule has 4 nitrogen and oxygen atoms in total. The lowest BCUT2D eigenvalue weighted by molar-refractivity contribution is 0.0649. The summed E-state index contributed by atoms with van der Waals surface area (Å²) in [7, 11) is 3.31. The standard InChI is InChI=1S/C17H27NO3/c1-11(2)10-18-13-9-17(3,4)21-14-8-16(20-6)15(19-5)7-12(13)14/h7-8,11,13,18H,9-10H2,1-6H3. The van der Waals surface area contributed by atoms with Crippen LogP contribution in [0.3, 0.4) is 0 Å². The zero-order chi connectivity index (χ0) is 15.6. The highest BCUT2D eigenvalue weighted by atomic mass is 16.5. The number of ether oxygens (including phenoxy) is 3. The van der Waals surface area contributed by atoms with E-state index in [9.17, 15) is 0 Å². The van der Waals surface area contributed by atoms with Gasteiger partial charge in [-0.15, -0.1) is 0 Å². The molecule has 1 aliphatic heterocycles. The number of nitrogens with one attached hydrogen (secondary N) is 1. The molecule has 0 bridgehead atoms. The molecule has 0 amide bonds. The number of hydrogen-bond acceptors (Lipinski definition) is 4. The molecule has 0 fully saturated rings. The summed E-state index contributed by atoms with van der Waals surface area (Å²) in [6.45, 7) is 9.65. The van der Waals surface area contributed by atoms with Crippen LogP contribution in [0.2, 0.25) is 0 Å². The maximum atomic E-state index is 6.12. The van der Waals surface area contributed by atoms with Gasteiger partial charge in [0.1, 0.15) is 11.4 Å². The summed E-state index contributed by atoms with van der Waals surface area (Å²) in [6.07, 6.45) is 0.933. The van der Waals surface area contributed by atoms with Gasteiger partial charge in [-0.2, -0.15) is 0 Å². The van der Waals surface area contributed by atoms with E-state index in [-0.39, 0.29) is 11.6 Å². The van der Waals surface area contributed by atoms with Gasteiger partial charge < -0.3 is 19.5 Å². The van der Waals surface area contributed by atoms with Gasteiger partial charge >= 0.3 is 0 Å². The van der Waals surface area contributed by atoms with Crippen molar-refractivity contribution >= 4 is 0 Å². The normalized spacial score (nSPS) is 19.9.